The standard InChI is InChI=1S/C26H28ClN3O8S2/c1-15-9-12-21(38-15)26-29-28-23(30(26)24-19(36-3)7-6-8-20(24)37-4)14-40(34,35)16(2)25(31)18-11-10-17(27)13-22(18)39(5,32)33/h6-13,16,25,31H,14H2,1-5H3/t16-,25-/m1/s1. The number of methoxy groups -OCH3 is 2. The number of benzene rings is 2. The number of aliphatic hydroxyl groups is 1. The van der Waals surface area contributed by atoms with E-state index in [2.05, 4.69) is 10.2 Å². The number of aromatic nitrogens is 3. The first-order valence-electron chi connectivity index (χ1n) is 11.9. The van der Waals surface area contributed by atoms with Crippen LogP contribution in [0.4, 0.5) is 0 Å². The van der Waals surface area contributed by atoms with Crippen molar-refractivity contribution >= 4 is 31.3 Å². The quantitative estimate of drug-likeness (QED) is 0.280. The molecule has 0 aliphatic carbocycles. The van der Waals surface area contributed by atoms with Crippen LogP contribution in [0.25, 0.3) is 17.3 Å². The number of aliphatic hydroxyl groups excluding tert-OH is 1. The van der Waals surface area contributed by atoms with Gasteiger partial charge in [0.1, 0.15) is 28.7 Å². The van der Waals surface area contributed by atoms with Crippen molar-refractivity contribution in [1.82, 2.24) is 14.8 Å². The normalized spacial score (nSPS) is 13.7. The molecule has 4 aromatic rings. The first-order valence-corrected chi connectivity index (χ1v) is 15.9. The Balaban J connectivity index is 1.83. The summed E-state index contributed by atoms with van der Waals surface area (Å²) in [5.41, 5.74) is 0.264. The maximum absolute atomic E-state index is 13.7. The van der Waals surface area contributed by atoms with E-state index in [-0.39, 0.29) is 27.1 Å². The molecule has 2 atom stereocenters. The van der Waals surface area contributed by atoms with E-state index in [1.807, 2.05) is 0 Å². The second-order valence-corrected chi connectivity index (χ2v) is 13.9. The average molecular weight is 610 g/mol. The number of sulfone groups is 2. The highest BCUT2D eigenvalue weighted by molar-refractivity contribution is 7.91. The van der Waals surface area contributed by atoms with E-state index in [4.69, 9.17) is 25.5 Å². The van der Waals surface area contributed by atoms with Crippen molar-refractivity contribution in [2.75, 3.05) is 20.5 Å². The van der Waals surface area contributed by atoms with Gasteiger partial charge in [0, 0.05) is 16.8 Å². The van der Waals surface area contributed by atoms with E-state index < -0.39 is 36.8 Å². The van der Waals surface area contributed by atoms with Crippen molar-refractivity contribution in [3.8, 4) is 28.8 Å². The van der Waals surface area contributed by atoms with Gasteiger partial charge in [0.05, 0.1) is 30.5 Å². The molecule has 40 heavy (non-hydrogen) atoms. The molecule has 1 N–H and O–H groups in total. The summed E-state index contributed by atoms with van der Waals surface area (Å²) in [7, 11) is -5.09. The first-order chi connectivity index (χ1) is 18.8. The summed E-state index contributed by atoms with van der Waals surface area (Å²) in [6.07, 6.45) is -0.731. The number of halogens is 1. The summed E-state index contributed by atoms with van der Waals surface area (Å²) in [5.74, 6) is 1.17. The van der Waals surface area contributed by atoms with Gasteiger partial charge >= 0.3 is 0 Å². The molecule has 2 aromatic heterocycles. The third-order valence-electron chi connectivity index (χ3n) is 6.35. The van der Waals surface area contributed by atoms with Gasteiger partial charge in [0.25, 0.3) is 0 Å². The summed E-state index contributed by atoms with van der Waals surface area (Å²) >= 11 is 5.97. The summed E-state index contributed by atoms with van der Waals surface area (Å²) in [5, 5.41) is 18.2. The highest BCUT2D eigenvalue weighted by Gasteiger charge is 2.35. The Bertz CT molecular complexity index is 1740. The number of hydrogen-bond acceptors (Lipinski definition) is 10. The predicted octanol–water partition coefficient (Wildman–Crippen LogP) is 3.95. The largest absolute Gasteiger partial charge is 0.494 e. The zero-order valence-corrected chi connectivity index (χ0v) is 24.7. The number of furan rings is 1. The minimum atomic E-state index is -4.18. The smallest absolute Gasteiger partial charge is 0.204 e. The van der Waals surface area contributed by atoms with E-state index in [1.54, 1.807) is 37.3 Å². The van der Waals surface area contributed by atoms with Crippen LogP contribution in [-0.4, -0.2) is 62.4 Å². The van der Waals surface area contributed by atoms with Crippen LogP contribution in [0.1, 0.15) is 30.2 Å². The van der Waals surface area contributed by atoms with E-state index >= 15 is 0 Å². The molecule has 11 nitrogen and oxygen atoms in total. The highest BCUT2D eigenvalue weighted by atomic mass is 35.5. The molecule has 0 aliphatic heterocycles. The Morgan fingerprint density at radius 1 is 1.02 bits per heavy atom. The lowest BCUT2D eigenvalue weighted by Crippen LogP contribution is -2.28. The molecule has 14 heteroatoms. The molecule has 2 heterocycles. The SMILES string of the molecule is COc1cccc(OC)c1-n1c(CS(=O)(=O)[C@H](C)[C@@H](O)c2ccc(Cl)cc2S(C)(=O)=O)nnc1-c1ccc(C)o1. The average Bonchev–Trinajstić information content (AvgIpc) is 3.51. The maximum atomic E-state index is 13.7. The highest BCUT2D eigenvalue weighted by Crippen LogP contribution is 2.38. The van der Waals surface area contributed by atoms with Gasteiger partial charge in [-0.05, 0) is 50.2 Å². The summed E-state index contributed by atoms with van der Waals surface area (Å²) in [6.45, 7) is 3.05. The molecule has 0 fully saturated rings. The lowest BCUT2D eigenvalue weighted by Gasteiger charge is -2.22. The topological polar surface area (TPSA) is 151 Å². The first kappa shape index (κ1) is 29.6. The third-order valence-corrected chi connectivity index (χ3v) is 9.79. The van der Waals surface area contributed by atoms with Gasteiger partial charge < -0.3 is 19.0 Å². The van der Waals surface area contributed by atoms with Gasteiger partial charge in [-0.3, -0.25) is 4.57 Å². The fourth-order valence-corrected chi connectivity index (χ4v) is 6.79. The summed E-state index contributed by atoms with van der Waals surface area (Å²) in [4.78, 5) is -0.257. The second kappa shape index (κ2) is 11.2. The van der Waals surface area contributed by atoms with Gasteiger partial charge in [0.2, 0.25) is 5.82 Å². The number of hydrogen-bond donors (Lipinski definition) is 1. The number of nitrogens with zero attached hydrogens (tertiary/aromatic N) is 3. The van der Waals surface area contributed by atoms with E-state index in [0.717, 1.165) is 6.26 Å². The fourth-order valence-electron chi connectivity index (χ4n) is 4.25. The van der Waals surface area contributed by atoms with Crippen molar-refractivity contribution in [3.63, 3.8) is 0 Å². The van der Waals surface area contributed by atoms with Gasteiger partial charge in [-0.1, -0.05) is 23.7 Å². The van der Waals surface area contributed by atoms with E-state index in [0.29, 0.717) is 28.7 Å². The lowest BCUT2D eigenvalue weighted by molar-refractivity contribution is 0.173. The molecule has 0 bridgehead atoms. The summed E-state index contributed by atoms with van der Waals surface area (Å²) < 4.78 is 70.4. The lowest BCUT2D eigenvalue weighted by atomic mass is 10.1. The van der Waals surface area contributed by atoms with E-state index in [9.17, 15) is 21.9 Å². The molecule has 214 valence electrons. The monoisotopic (exact) mass is 609 g/mol. The van der Waals surface area contributed by atoms with Crippen molar-refractivity contribution in [2.45, 2.75) is 35.8 Å². The Hall–Kier alpha value is -3.39. The van der Waals surface area contributed by atoms with Gasteiger partial charge in [-0.2, -0.15) is 0 Å². The van der Waals surface area contributed by atoms with Crippen LogP contribution in [0.15, 0.2) is 57.8 Å². The molecule has 0 saturated carbocycles. The molecule has 0 radical (unpaired) electrons. The van der Waals surface area contributed by atoms with Gasteiger partial charge in [0.15, 0.2) is 31.3 Å². The summed E-state index contributed by atoms with van der Waals surface area (Å²) in [6, 6.07) is 12.3. The van der Waals surface area contributed by atoms with Crippen molar-refractivity contribution in [3.05, 3.63) is 70.7 Å². The number of ether oxygens (including phenoxy) is 2. The van der Waals surface area contributed by atoms with Crippen LogP contribution in [0.5, 0.6) is 11.5 Å². The van der Waals surface area contributed by atoms with Crippen LogP contribution in [-0.2, 0) is 25.4 Å². The minimum absolute atomic E-state index is 0.00894. The maximum Gasteiger partial charge on any atom is 0.204 e. The van der Waals surface area contributed by atoms with E-state index in [1.165, 1.54) is 43.9 Å². The van der Waals surface area contributed by atoms with Gasteiger partial charge in [-0.25, -0.2) is 16.8 Å². The molecular weight excluding hydrogens is 582 g/mol. The van der Waals surface area contributed by atoms with Crippen LogP contribution >= 0.6 is 11.6 Å². The molecule has 0 saturated heterocycles. The number of para-hydroxylation sites is 1. The molecule has 0 spiro atoms. The Labute approximate surface area is 237 Å². The number of aryl methyl sites for hydroxylation is 1. The van der Waals surface area contributed by atoms with Crippen LogP contribution in [0.3, 0.4) is 0 Å². The molecule has 2 aromatic carbocycles. The molecule has 4 rings (SSSR count). The van der Waals surface area contributed by atoms with Crippen molar-refractivity contribution in [1.29, 1.82) is 0 Å². The van der Waals surface area contributed by atoms with Crippen molar-refractivity contribution < 1.29 is 35.8 Å². The second-order valence-electron chi connectivity index (χ2n) is 9.11. The van der Waals surface area contributed by atoms with Gasteiger partial charge in [-0.15, -0.1) is 10.2 Å². The third kappa shape index (κ3) is 5.73. The Morgan fingerprint density at radius 3 is 2.23 bits per heavy atom. The zero-order chi connectivity index (χ0) is 29.4. The van der Waals surface area contributed by atoms with Crippen molar-refractivity contribution in [2.24, 2.45) is 0 Å². The molecule has 0 unspecified atom stereocenters. The Kier molecular flexibility index (Phi) is 8.31. The molecule has 0 aliphatic rings. The number of rotatable bonds is 10. The fraction of sp³-hybridized carbons (Fsp3) is 0.308. The zero-order valence-electron chi connectivity index (χ0n) is 22.3. The molecule has 0 amide bonds. The minimum Gasteiger partial charge on any atom is -0.494 e. The van der Waals surface area contributed by atoms with Crippen LogP contribution in [0.2, 0.25) is 5.02 Å². The predicted molar refractivity (Wildman–Crippen MR) is 149 cm³/mol. The Morgan fingerprint density at radius 2 is 1.68 bits per heavy atom. The van der Waals surface area contributed by atoms with Crippen LogP contribution in [0, 0.1) is 6.92 Å². The van der Waals surface area contributed by atoms with Crippen LogP contribution < -0.4 is 9.47 Å². The molecular formula is C26H28ClN3O8S2.